The average molecular weight is 294 g/mol. The van der Waals surface area contributed by atoms with Crippen LogP contribution < -0.4 is 5.32 Å². The molecule has 1 amide bonds. The van der Waals surface area contributed by atoms with Gasteiger partial charge in [0.15, 0.2) is 0 Å². The molecule has 0 aliphatic carbocycles. The third-order valence-corrected chi connectivity index (χ3v) is 3.96. The van der Waals surface area contributed by atoms with Gasteiger partial charge in [0.1, 0.15) is 11.2 Å². The number of amides is 1. The summed E-state index contributed by atoms with van der Waals surface area (Å²) in [6.45, 7) is 0. The van der Waals surface area contributed by atoms with Crippen LogP contribution in [0.25, 0.3) is 21.7 Å². The highest BCUT2D eigenvalue weighted by Crippen LogP contribution is 2.26. The molecule has 0 fully saturated rings. The second kappa shape index (κ2) is 4.68. The van der Waals surface area contributed by atoms with E-state index in [0.29, 0.717) is 10.8 Å². The van der Waals surface area contributed by atoms with Crippen LogP contribution >= 0.6 is 11.3 Å². The molecule has 2 aromatic heterocycles. The summed E-state index contributed by atoms with van der Waals surface area (Å²) in [7, 11) is 0. The van der Waals surface area contributed by atoms with E-state index in [9.17, 15) is 4.79 Å². The van der Waals surface area contributed by atoms with E-state index in [0.717, 1.165) is 21.7 Å². The third-order valence-electron chi connectivity index (χ3n) is 3.35. The Bertz CT molecular complexity index is 943. The van der Waals surface area contributed by atoms with Crippen molar-refractivity contribution in [2.45, 2.75) is 0 Å². The zero-order valence-electron chi connectivity index (χ0n) is 10.8. The Kier molecular flexibility index (Phi) is 2.68. The Morgan fingerprint density at radius 3 is 2.90 bits per heavy atom. The molecule has 0 aliphatic heterocycles. The zero-order chi connectivity index (χ0) is 14.2. The second-order valence-corrected chi connectivity index (χ2v) is 5.46. The Balaban J connectivity index is 1.80. The average Bonchev–Trinajstić information content (AvgIpc) is 3.15. The van der Waals surface area contributed by atoms with Crippen molar-refractivity contribution in [3.8, 4) is 0 Å². The van der Waals surface area contributed by atoms with Gasteiger partial charge in [-0.2, -0.15) is 0 Å². The number of nitrogens with one attached hydrogen (secondary N) is 2. The molecule has 4 aromatic rings. The van der Waals surface area contributed by atoms with Crippen LogP contribution in [-0.2, 0) is 0 Å². The molecule has 102 valence electrons. The standard InChI is InChI=1S/C15H10N4OS/c20-14(18-15-19-16-8-21-15)13-7-11-10-4-2-1-3-9(10)5-6-12(11)17-13/h1-8,17H,(H,18,19,20). The topological polar surface area (TPSA) is 70.7 Å². The molecule has 5 nitrogen and oxygen atoms in total. The summed E-state index contributed by atoms with van der Waals surface area (Å²) >= 11 is 1.29. The summed E-state index contributed by atoms with van der Waals surface area (Å²) in [5, 5.41) is 14.0. The Labute approximate surface area is 123 Å². The van der Waals surface area contributed by atoms with Crippen LogP contribution in [-0.4, -0.2) is 21.1 Å². The first-order chi connectivity index (χ1) is 10.3. The minimum atomic E-state index is -0.216. The maximum Gasteiger partial charge on any atom is 0.273 e. The molecule has 6 heteroatoms. The van der Waals surface area contributed by atoms with Crippen molar-refractivity contribution in [3.63, 3.8) is 0 Å². The number of fused-ring (bicyclic) bond motifs is 3. The molecule has 2 N–H and O–H groups in total. The molecule has 2 heterocycles. The van der Waals surface area contributed by atoms with Crippen LogP contribution in [0.15, 0.2) is 48.0 Å². The predicted octanol–water partition coefficient (Wildman–Crippen LogP) is 3.42. The number of aromatic amines is 1. The highest BCUT2D eigenvalue weighted by Gasteiger charge is 2.12. The zero-order valence-corrected chi connectivity index (χ0v) is 11.6. The van der Waals surface area contributed by atoms with Gasteiger partial charge in [-0.25, -0.2) is 0 Å². The number of rotatable bonds is 2. The fourth-order valence-corrected chi connectivity index (χ4v) is 2.84. The van der Waals surface area contributed by atoms with E-state index in [1.807, 2.05) is 30.3 Å². The minimum absolute atomic E-state index is 0.216. The van der Waals surface area contributed by atoms with E-state index in [4.69, 9.17) is 0 Å². The molecule has 0 unspecified atom stereocenters. The van der Waals surface area contributed by atoms with Gasteiger partial charge in [0, 0.05) is 10.9 Å². The summed E-state index contributed by atoms with van der Waals surface area (Å²) in [5.74, 6) is -0.216. The van der Waals surface area contributed by atoms with Crippen molar-refractivity contribution in [2.75, 3.05) is 5.32 Å². The van der Waals surface area contributed by atoms with Gasteiger partial charge in [0.25, 0.3) is 5.91 Å². The maximum atomic E-state index is 12.2. The number of hydrogen-bond acceptors (Lipinski definition) is 4. The molecule has 0 atom stereocenters. The van der Waals surface area contributed by atoms with Gasteiger partial charge in [0.05, 0.1) is 0 Å². The van der Waals surface area contributed by atoms with Crippen LogP contribution in [0.4, 0.5) is 5.13 Å². The first-order valence-corrected chi connectivity index (χ1v) is 7.27. The summed E-state index contributed by atoms with van der Waals surface area (Å²) < 4.78 is 0. The highest BCUT2D eigenvalue weighted by molar-refractivity contribution is 7.13. The van der Waals surface area contributed by atoms with E-state index in [1.165, 1.54) is 11.3 Å². The molecule has 0 saturated heterocycles. The van der Waals surface area contributed by atoms with Gasteiger partial charge in [0.2, 0.25) is 5.13 Å². The fourth-order valence-electron chi connectivity index (χ4n) is 2.40. The Morgan fingerprint density at radius 1 is 1.14 bits per heavy atom. The summed E-state index contributed by atoms with van der Waals surface area (Å²) in [6, 6.07) is 14.0. The Morgan fingerprint density at radius 2 is 2.05 bits per heavy atom. The van der Waals surface area contributed by atoms with Gasteiger partial charge in [-0.15, -0.1) is 10.2 Å². The largest absolute Gasteiger partial charge is 0.350 e. The molecule has 0 spiro atoms. The van der Waals surface area contributed by atoms with Gasteiger partial charge in [-0.3, -0.25) is 10.1 Å². The number of benzene rings is 2. The highest BCUT2D eigenvalue weighted by atomic mass is 32.1. The molecule has 0 bridgehead atoms. The number of nitrogens with zero attached hydrogens (tertiary/aromatic N) is 2. The molecule has 21 heavy (non-hydrogen) atoms. The number of carbonyl (C=O) groups is 1. The van der Waals surface area contributed by atoms with Gasteiger partial charge < -0.3 is 4.98 Å². The number of hydrogen-bond donors (Lipinski definition) is 2. The number of anilines is 1. The van der Waals surface area contributed by atoms with Crippen molar-refractivity contribution in [1.29, 1.82) is 0 Å². The van der Waals surface area contributed by atoms with E-state index < -0.39 is 0 Å². The second-order valence-electron chi connectivity index (χ2n) is 4.63. The fraction of sp³-hybridized carbons (Fsp3) is 0. The van der Waals surface area contributed by atoms with E-state index in [1.54, 1.807) is 5.51 Å². The minimum Gasteiger partial charge on any atom is -0.350 e. The lowest BCUT2D eigenvalue weighted by molar-refractivity contribution is 0.102. The lowest BCUT2D eigenvalue weighted by Gasteiger charge is -1.97. The van der Waals surface area contributed by atoms with Crippen molar-refractivity contribution in [3.05, 3.63) is 53.7 Å². The summed E-state index contributed by atoms with van der Waals surface area (Å²) in [5.41, 5.74) is 3.03. The molecule has 4 rings (SSSR count). The van der Waals surface area contributed by atoms with Crippen molar-refractivity contribution < 1.29 is 4.79 Å². The van der Waals surface area contributed by atoms with Crippen LogP contribution in [0, 0.1) is 0 Å². The Hall–Kier alpha value is -2.73. The van der Waals surface area contributed by atoms with Crippen LogP contribution in [0.1, 0.15) is 10.5 Å². The van der Waals surface area contributed by atoms with Crippen LogP contribution in [0.5, 0.6) is 0 Å². The molecule has 2 aromatic carbocycles. The molecular formula is C15H10N4OS. The monoisotopic (exact) mass is 294 g/mol. The van der Waals surface area contributed by atoms with Crippen LogP contribution in [0.2, 0.25) is 0 Å². The normalized spacial score (nSPS) is 11.0. The van der Waals surface area contributed by atoms with Gasteiger partial charge >= 0.3 is 0 Å². The van der Waals surface area contributed by atoms with E-state index in [-0.39, 0.29) is 5.91 Å². The van der Waals surface area contributed by atoms with Crippen molar-refractivity contribution in [2.24, 2.45) is 0 Å². The van der Waals surface area contributed by atoms with Crippen molar-refractivity contribution >= 4 is 44.1 Å². The summed E-state index contributed by atoms with van der Waals surface area (Å²) in [6.07, 6.45) is 0. The maximum absolute atomic E-state index is 12.2. The molecule has 0 radical (unpaired) electrons. The predicted molar refractivity (Wildman–Crippen MR) is 83.7 cm³/mol. The number of aromatic nitrogens is 3. The first-order valence-electron chi connectivity index (χ1n) is 6.39. The number of H-pyrrole nitrogens is 1. The van der Waals surface area contributed by atoms with Gasteiger partial charge in [-0.1, -0.05) is 41.7 Å². The first kappa shape index (κ1) is 12.0. The quantitative estimate of drug-likeness (QED) is 0.595. The lowest BCUT2D eigenvalue weighted by atomic mass is 10.1. The van der Waals surface area contributed by atoms with Crippen LogP contribution in [0.3, 0.4) is 0 Å². The van der Waals surface area contributed by atoms with Gasteiger partial charge in [-0.05, 0) is 22.9 Å². The lowest BCUT2D eigenvalue weighted by Crippen LogP contribution is -2.11. The summed E-state index contributed by atoms with van der Waals surface area (Å²) in [4.78, 5) is 15.4. The molecule has 0 saturated carbocycles. The SMILES string of the molecule is O=C(Nc1nncs1)c1cc2c(ccc3ccccc32)[nH]1. The molecule has 0 aliphatic rings. The van der Waals surface area contributed by atoms with E-state index >= 15 is 0 Å². The van der Waals surface area contributed by atoms with E-state index in [2.05, 4.69) is 32.6 Å². The third kappa shape index (κ3) is 2.05. The number of carbonyl (C=O) groups excluding carboxylic acids is 1. The molecular weight excluding hydrogens is 284 g/mol. The van der Waals surface area contributed by atoms with Crippen molar-refractivity contribution in [1.82, 2.24) is 15.2 Å². The smallest absolute Gasteiger partial charge is 0.273 e.